The van der Waals surface area contributed by atoms with Crippen LogP contribution in [0.5, 0.6) is 0 Å². The lowest BCUT2D eigenvalue weighted by Crippen LogP contribution is -2.46. The SMILES string of the molecule is [C-]#[N+]c1c(F)ccc(C#CC2(O)CCN(C(=O)Cc3ccc(-n4cnnn4)cc3)CC2)c1F. The molecule has 0 atom stereocenters. The molecule has 1 aromatic heterocycles. The fourth-order valence-corrected chi connectivity index (χ4v) is 3.51. The number of rotatable bonds is 3. The van der Waals surface area contributed by atoms with E-state index in [9.17, 15) is 18.7 Å². The van der Waals surface area contributed by atoms with Gasteiger partial charge in [-0.25, -0.2) is 18.3 Å². The fraction of sp³-hybridized carbons (Fsp3) is 0.261. The van der Waals surface area contributed by atoms with E-state index in [1.165, 1.54) is 11.0 Å². The van der Waals surface area contributed by atoms with Crippen LogP contribution in [-0.2, 0) is 11.2 Å². The van der Waals surface area contributed by atoms with E-state index in [1.54, 1.807) is 4.90 Å². The van der Waals surface area contributed by atoms with Gasteiger partial charge in [0.25, 0.3) is 5.69 Å². The minimum atomic E-state index is -1.40. The molecule has 0 radical (unpaired) electrons. The highest BCUT2D eigenvalue weighted by Gasteiger charge is 2.32. The maximum atomic E-state index is 14.2. The second-order valence-corrected chi connectivity index (χ2v) is 7.63. The molecule has 0 aliphatic carbocycles. The van der Waals surface area contributed by atoms with Crippen molar-refractivity contribution in [2.24, 2.45) is 0 Å². The van der Waals surface area contributed by atoms with E-state index in [1.807, 2.05) is 24.3 Å². The summed E-state index contributed by atoms with van der Waals surface area (Å²) < 4.78 is 29.2. The third-order valence-electron chi connectivity index (χ3n) is 5.46. The van der Waals surface area contributed by atoms with Gasteiger partial charge in [0.1, 0.15) is 23.6 Å². The molecule has 0 bridgehead atoms. The van der Waals surface area contributed by atoms with E-state index < -0.39 is 22.9 Å². The van der Waals surface area contributed by atoms with Gasteiger partial charge in [0.05, 0.1) is 18.7 Å². The molecule has 10 heteroatoms. The zero-order valence-corrected chi connectivity index (χ0v) is 17.4. The van der Waals surface area contributed by atoms with Crippen LogP contribution in [0.2, 0.25) is 0 Å². The molecule has 0 spiro atoms. The molecule has 166 valence electrons. The molecule has 4 rings (SSSR count). The fourth-order valence-electron chi connectivity index (χ4n) is 3.51. The quantitative estimate of drug-likeness (QED) is 0.491. The summed E-state index contributed by atoms with van der Waals surface area (Å²) >= 11 is 0. The Labute approximate surface area is 188 Å². The molecular weight excluding hydrogens is 430 g/mol. The third-order valence-corrected chi connectivity index (χ3v) is 5.46. The Morgan fingerprint density at radius 2 is 1.91 bits per heavy atom. The summed E-state index contributed by atoms with van der Waals surface area (Å²) in [5, 5.41) is 21.7. The lowest BCUT2D eigenvalue weighted by atomic mass is 9.91. The normalized spacial score (nSPS) is 14.8. The van der Waals surface area contributed by atoms with E-state index >= 15 is 0 Å². The highest BCUT2D eigenvalue weighted by atomic mass is 19.1. The van der Waals surface area contributed by atoms with Crippen molar-refractivity contribution in [3.63, 3.8) is 0 Å². The molecule has 1 aliphatic heterocycles. The second kappa shape index (κ2) is 9.15. The minimum Gasteiger partial charge on any atom is -0.377 e. The van der Waals surface area contributed by atoms with Crippen molar-refractivity contribution < 1.29 is 18.7 Å². The van der Waals surface area contributed by atoms with Crippen LogP contribution in [0.15, 0.2) is 42.7 Å². The van der Waals surface area contributed by atoms with Crippen molar-refractivity contribution in [2.75, 3.05) is 13.1 Å². The number of hydrogen-bond donors (Lipinski definition) is 1. The first-order valence-electron chi connectivity index (χ1n) is 10.1. The van der Waals surface area contributed by atoms with Gasteiger partial charge in [-0.3, -0.25) is 4.79 Å². The molecule has 1 aliphatic rings. The monoisotopic (exact) mass is 448 g/mol. The van der Waals surface area contributed by atoms with Gasteiger partial charge in [0.2, 0.25) is 5.91 Å². The van der Waals surface area contributed by atoms with Crippen LogP contribution in [0.4, 0.5) is 14.5 Å². The number of aliphatic hydroxyl groups is 1. The van der Waals surface area contributed by atoms with E-state index in [0.29, 0.717) is 13.1 Å². The van der Waals surface area contributed by atoms with Crippen LogP contribution in [0.3, 0.4) is 0 Å². The number of halogens is 2. The molecule has 1 amide bonds. The Kier molecular flexibility index (Phi) is 6.11. The standard InChI is InChI=1S/C23H18F2N6O2/c1-26-22-19(24)7-4-17(21(22)25)8-9-23(33)10-12-30(13-11-23)20(32)14-16-2-5-18(6-3-16)31-15-27-28-29-31/h2-7,15,33H,10-14H2. The summed E-state index contributed by atoms with van der Waals surface area (Å²) in [7, 11) is 0. The number of hydrogen-bond acceptors (Lipinski definition) is 5. The van der Waals surface area contributed by atoms with E-state index in [2.05, 4.69) is 32.2 Å². The summed E-state index contributed by atoms with van der Waals surface area (Å²) in [6, 6.07) is 9.40. The zero-order chi connectivity index (χ0) is 23.4. The number of tetrazole rings is 1. The Balaban J connectivity index is 1.36. The van der Waals surface area contributed by atoms with Crippen molar-refractivity contribution >= 4 is 11.6 Å². The number of likely N-dealkylation sites (tertiary alicyclic amines) is 1. The highest BCUT2D eigenvalue weighted by Crippen LogP contribution is 2.26. The Bertz CT molecular complexity index is 1270. The van der Waals surface area contributed by atoms with Crippen LogP contribution in [0, 0.1) is 30.0 Å². The first kappa shape index (κ1) is 22.1. The molecule has 1 saturated heterocycles. The minimum absolute atomic E-state index is 0.0774. The average Bonchev–Trinajstić information content (AvgIpc) is 3.35. The molecule has 0 saturated carbocycles. The topological polar surface area (TPSA) is 88.5 Å². The number of nitrogens with zero attached hydrogens (tertiary/aromatic N) is 6. The molecule has 8 nitrogen and oxygen atoms in total. The average molecular weight is 448 g/mol. The van der Waals surface area contributed by atoms with Crippen molar-refractivity contribution in [3.05, 3.63) is 76.9 Å². The van der Waals surface area contributed by atoms with Crippen LogP contribution in [0.1, 0.15) is 24.0 Å². The summed E-state index contributed by atoms with van der Waals surface area (Å²) in [6.45, 7) is 7.47. The summed E-state index contributed by atoms with van der Waals surface area (Å²) in [5.41, 5.74) is -0.665. The van der Waals surface area contributed by atoms with Gasteiger partial charge >= 0.3 is 0 Å². The molecule has 1 N–H and O–H groups in total. The van der Waals surface area contributed by atoms with Gasteiger partial charge in [-0.15, -0.1) is 5.10 Å². The number of amides is 1. The second-order valence-electron chi connectivity index (χ2n) is 7.63. The van der Waals surface area contributed by atoms with E-state index in [4.69, 9.17) is 6.57 Å². The van der Waals surface area contributed by atoms with Gasteiger partial charge in [0.15, 0.2) is 0 Å². The first-order chi connectivity index (χ1) is 15.9. The molecule has 2 aromatic carbocycles. The maximum absolute atomic E-state index is 14.2. The molecule has 1 fully saturated rings. The Hall–Kier alpha value is -4.15. The lowest BCUT2D eigenvalue weighted by Gasteiger charge is -2.35. The smallest absolute Gasteiger partial charge is 0.258 e. The Morgan fingerprint density at radius 1 is 1.18 bits per heavy atom. The van der Waals surface area contributed by atoms with Crippen molar-refractivity contribution in [3.8, 4) is 17.5 Å². The first-order valence-corrected chi connectivity index (χ1v) is 10.1. The van der Waals surface area contributed by atoms with Crippen LogP contribution in [0.25, 0.3) is 10.5 Å². The number of carbonyl (C=O) groups is 1. The number of aromatic nitrogens is 4. The lowest BCUT2D eigenvalue weighted by molar-refractivity contribution is -0.133. The maximum Gasteiger partial charge on any atom is 0.258 e. The summed E-state index contributed by atoms with van der Waals surface area (Å²) in [4.78, 5) is 17.2. The highest BCUT2D eigenvalue weighted by molar-refractivity contribution is 5.79. The van der Waals surface area contributed by atoms with Crippen LogP contribution >= 0.6 is 0 Å². The van der Waals surface area contributed by atoms with Crippen molar-refractivity contribution in [1.82, 2.24) is 25.1 Å². The molecule has 3 aromatic rings. The van der Waals surface area contributed by atoms with Gasteiger partial charge in [0, 0.05) is 31.5 Å². The van der Waals surface area contributed by atoms with Gasteiger partial charge < -0.3 is 10.0 Å². The number of carbonyl (C=O) groups excluding carboxylic acids is 1. The van der Waals surface area contributed by atoms with E-state index in [-0.39, 0.29) is 30.7 Å². The van der Waals surface area contributed by atoms with Crippen molar-refractivity contribution in [2.45, 2.75) is 24.9 Å². The molecule has 2 heterocycles. The Morgan fingerprint density at radius 3 is 2.55 bits per heavy atom. The van der Waals surface area contributed by atoms with Crippen LogP contribution in [-0.4, -0.2) is 54.8 Å². The predicted molar refractivity (Wildman–Crippen MR) is 113 cm³/mol. The molecule has 33 heavy (non-hydrogen) atoms. The zero-order valence-electron chi connectivity index (χ0n) is 17.4. The van der Waals surface area contributed by atoms with Gasteiger partial charge in [-0.05, 0) is 40.3 Å². The third kappa shape index (κ3) is 4.86. The number of piperidine rings is 1. The number of benzene rings is 2. The predicted octanol–water partition coefficient (Wildman–Crippen LogP) is 2.44. The van der Waals surface area contributed by atoms with E-state index in [0.717, 1.165) is 23.4 Å². The molecular formula is C23H18F2N6O2. The van der Waals surface area contributed by atoms with Gasteiger partial charge in [-0.1, -0.05) is 24.0 Å². The summed E-state index contributed by atoms with van der Waals surface area (Å²) in [6.07, 6.45) is 2.08. The van der Waals surface area contributed by atoms with Crippen molar-refractivity contribution in [1.29, 1.82) is 0 Å². The summed E-state index contributed by atoms with van der Waals surface area (Å²) in [5.74, 6) is 3.09. The largest absolute Gasteiger partial charge is 0.377 e. The van der Waals surface area contributed by atoms with Gasteiger partial charge in [-0.2, -0.15) is 0 Å². The van der Waals surface area contributed by atoms with Crippen LogP contribution < -0.4 is 0 Å². The molecule has 0 unspecified atom stereocenters.